The summed E-state index contributed by atoms with van der Waals surface area (Å²) in [7, 11) is -7.84. The highest BCUT2D eigenvalue weighted by Gasteiger charge is 2.71. The lowest BCUT2D eigenvalue weighted by Gasteiger charge is -2.59. The first-order valence-corrected chi connectivity index (χ1v) is 45.0. The van der Waals surface area contributed by atoms with Gasteiger partial charge in [0.05, 0.1) is 50.1 Å². The van der Waals surface area contributed by atoms with E-state index in [2.05, 4.69) is 123 Å². The fraction of sp³-hybridized carbons (Fsp3) is 0.812. The average Bonchev–Trinajstić information content (AvgIpc) is 1.59. The fourth-order valence-corrected chi connectivity index (χ4v) is 26.5. The van der Waals surface area contributed by atoms with E-state index in [1.165, 1.54) is 18.6 Å². The summed E-state index contributed by atoms with van der Waals surface area (Å²) >= 11 is 0. The Morgan fingerprint density at radius 2 is 1.25 bits per heavy atom. The molecule has 2 heterocycles. The predicted octanol–water partition coefficient (Wildman–Crippen LogP) is 14.9. The number of hydrogen-bond acceptors (Lipinski definition) is 16. The summed E-state index contributed by atoms with van der Waals surface area (Å²) in [6, 6.07) is 14.2. The number of fused-ring (bicyclic) bond motifs is 5. The van der Waals surface area contributed by atoms with Crippen molar-refractivity contribution in [2.24, 2.45) is 34.5 Å². The van der Waals surface area contributed by atoms with Crippen LogP contribution in [-0.4, -0.2) is 150 Å². The van der Waals surface area contributed by atoms with Crippen molar-refractivity contribution in [2.45, 2.75) is 295 Å². The minimum Gasteiger partial charge on any atom is -0.497 e. The van der Waals surface area contributed by atoms with Crippen LogP contribution in [0.5, 0.6) is 5.75 Å². The van der Waals surface area contributed by atoms with Crippen molar-refractivity contribution in [1.82, 2.24) is 0 Å². The minimum absolute atomic E-state index is 0.0179. The largest absolute Gasteiger partial charge is 0.497 e. The van der Waals surface area contributed by atoms with Crippen molar-refractivity contribution in [3.05, 3.63) is 54.1 Å². The quantitative estimate of drug-likeness (QED) is 0.0346. The van der Waals surface area contributed by atoms with Crippen LogP contribution in [0.1, 0.15) is 166 Å². The van der Waals surface area contributed by atoms with Crippen LogP contribution in [0.25, 0.3) is 0 Å². The van der Waals surface area contributed by atoms with Gasteiger partial charge in [0.2, 0.25) is 0 Å². The first-order valence-electron chi connectivity index (χ1n) is 34.5. The molecule has 20 heteroatoms. The molecule has 2 saturated heterocycles. The Bertz CT molecular complexity index is 2520. The van der Waals surface area contributed by atoms with Crippen LogP contribution in [0.4, 0.5) is 0 Å². The lowest BCUT2D eigenvalue weighted by Crippen LogP contribution is -2.66. The summed E-state index contributed by atoms with van der Waals surface area (Å²) in [5.41, 5.74) is -0.863. The van der Waals surface area contributed by atoms with E-state index in [1.54, 1.807) is 38.3 Å². The summed E-state index contributed by atoms with van der Waals surface area (Å²) < 4.78 is 82.8. The van der Waals surface area contributed by atoms with Gasteiger partial charge in [-0.15, -0.1) is 0 Å². The fourth-order valence-electron chi connectivity index (χ4n) is 16.6. The van der Waals surface area contributed by atoms with Gasteiger partial charge in [-0.3, -0.25) is 9.59 Å². The monoisotopic (exact) mass is 1310 g/mol. The molecular weight excluding hydrogens is 1200 g/mol. The maximum atomic E-state index is 14.8. The van der Waals surface area contributed by atoms with Gasteiger partial charge in [0.25, 0.3) is 0 Å². The number of carbonyl (C=O) groups excluding carboxylic acids is 3. The van der Waals surface area contributed by atoms with Crippen LogP contribution in [-0.2, 0) is 60.5 Å². The summed E-state index contributed by atoms with van der Waals surface area (Å²) in [5.74, 6) is -1.81. The van der Waals surface area contributed by atoms with Gasteiger partial charge < -0.3 is 60.7 Å². The van der Waals surface area contributed by atoms with Crippen molar-refractivity contribution in [3.63, 3.8) is 0 Å². The highest BCUT2D eigenvalue weighted by Crippen LogP contribution is 2.69. The number of rotatable bonds is 29. The molecule has 1 aromatic carbocycles. The third kappa shape index (κ3) is 14.9. The Morgan fingerprint density at radius 1 is 0.719 bits per heavy atom. The van der Waals surface area contributed by atoms with E-state index >= 15 is 0 Å². The summed E-state index contributed by atoms with van der Waals surface area (Å²) in [5, 5.41) is 14.2. The van der Waals surface area contributed by atoms with Crippen LogP contribution in [0.15, 0.2) is 48.6 Å². The van der Waals surface area contributed by atoms with Crippen LogP contribution in [0, 0.1) is 34.5 Å². The molecule has 2 aliphatic heterocycles. The molecule has 0 radical (unpaired) electrons. The molecule has 3 saturated carbocycles. The Morgan fingerprint density at radius 3 is 1.76 bits per heavy atom. The number of benzene rings is 1. The smallest absolute Gasteiger partial charge is 0.338 e. The molecule has 1 aromatic rings. The van der Waals surface area contributed by atoms with Crippen LogP contribution in [0.2, 0.25) is 72.5 Å². The molecule has 89 heavy (non-hydrogen) atoms. The zero-order valence-electron chi connectivity index (χ0n) is 58.3. The SMILES string of the molecule is C=CCOC(=O)[C@@H](C)[C@@]1(O)[C@@H](O[C@@H]2OC[C@H](O[Si](CC)(CC)CC)[C@H](O[C@@H]3OC[C@@H](O[Si](CC)(CC)CC)[C@H](O[Si](CC)(CC)CC)[C@H]3OC(=O)c3ccc(OC)cc3)[C@H]2OC(C)=O)C[C@H]2[C@@H]3CC=C4C[C@@H](O[Si](C)(C)C(C)(C)C)CC[C@]4(C)[C@H]3CC[C@@]21C. The van der Waals surface area contributed by atoms with E-state index in [-0.39, 0.29) is 48.2 Å². The van der Waals surface area contributed by atoms with Crippen LogP contribution >= 0.6 is 0 Å². The Balaban J connectivity index is 1.32. The molecule has 7 rings (SSSR count). The summed E-state index contributed by atoms with van der Waals surface area (Å²) in [4.78, 5) is 43.2. The zero-order chi connectivity index (χ0) is 65.7. The number of methoxy groups -OCH3 is 1. The van der Waals surface area contributed by atoms with Gasteiger partial charge in [-0.2, -0.15) is 0 Å². The molecule has 0 bridgehead atoms. The topological polar surface area (TPSA) is 182 Å². The lowest BCUT2D eigenvalue weighted by molar-refractivity contribution is -0.342. The number of allylic oxidation sites excluding steroid dienone is 1. The summed E-state index contributed by atoms with van der Waals surface area (Å²) in [6.07, 6.45) is 0.407. The Labute approximate surface area is 540 Å². The second kappa shape index (κ2) is 30.0. The van der Waals surface area contributed by atoms with E-state index in [1.807, 2.05) is 0 Å². The molecule has 0 spiro atoms. The molecule has 0 aromatic heterocycles. The second-order valence-corrected chi connectivity index (χ2v) is 48.0. The number of aliphatic hydroxyl groups is 1. The van der Waals surface area contributed by atoms with Gasteiger partial charge in [0, 0.05) is 18.4 Å². The summed E-state index contributed by atoms with van der Waals surface area (Å²) in [6.45, 7) is 42.7. The van der Waals surface area contributed by atoms with E-state index < -0.39 is 123 Å². The lowest BCUT2D eigenvalue weighted by atomic mass is 9.46. The molecule has 17 atom stereocenters. The molecule has 16 nitrogen and oxygen atoms in total. The molecular formula is C69H118O16Si4. The van der Waals surface area contributed by atoms with Gasteiger partial charge >= 0.3 is 17.9 Å². The van der Waals surface area contributed by atoms with E-state index in [0.717, 1.165) is 86.5 Å². The number of carbonyl (C=O) groups is 3. The predicted molar refractivity (Wildman–Crippen MR) is 358 cm³/mol. The maximum absolute atomic E-state index is 14.8. The van der Waals surface area contributed by atoms with Crippen LogP contribution < -0.4 is 4.74 Å². The van der Waals surface area contributed by atoms with E-state index in [4.69, 9.17) is 55.6 Å². The molecule has 5 fully saturated rings. The highest BCUT2D eigenvalue weighted by atomic mass is 28.4. The Hall–Kier alpha value is -2.58. The van der Waals surface area contributed by atoms with Crippen molar-refractivity contribution in [1.29, 1.82) is 0 Å². The van der Waals surface area contributed by atoms with Gasteiger partial charge in [0.15, 0.2) is 58.1 Å². The van der Waals surface area contributed by atoms with Crippen molar-refractivity contribution < 1.29 is 75.1 Å². The normalized spacial score (nSPS) is 33.8. The molecule has 4 aliphatic carbocycles. The molecule has 1 N–H and O–H groups in total. The zero-order valence-corrected chi connectivity index (χ0v) is 62.3. The van der Waals surface area contributed by atoms with Crippen molar-refractivity contribution in [3.8, 4) is 5.75 Å². The van der Waals surface area contributed by atoms with Gasteiger partial charge in [0.1, 0.15) is 30.2 Å². The number of hydrogen-bond donors (Lipinski definition) is 1. The first kappa shape index (κ1) is 73.8. The molecule has 506 valence electrons. The third-order valence-corrected chi connectivity index (χ3v) is 42.7. The standard InChI is InChI=1S/C69H118O16Si4/c1-21-41-75-62(71)46(11)69(73)57(43-54-52-36-33-49-42-51(82-86(19,20)66(13,14)15)37-39-67(49,16)53(52)38-40-68(54,69)17)79-64-60(78-47(12)70)58(55(44-76-64)83-87(22-2,23-3)24-4)81-65-61(80-63(72)48-31-34-50(74-18)35-32-48)59(85-89(28-8,29-9)30-10)56(45-77-65)84-88(25-5,26-6)27-7/h21,31-35,46,51-61,64-65,73H,1,22-30,36-45H2,2-20H3/t46-,51+,52-,53+,54+,55+,56-,57+,58+,59+,60-,61-,64+,65+,67+,68+,69-/m1/s1. The molecule has 0 unspecified atom stereocenters. The highest BCUT2D eigenvalue weighted by molar-refractivity contribution is 6.75. The third-order valence-electron chi connectivity index (χ3n) is 24.2. The minimum atomic E-state index is -2.53. The number of esters is 3. The number of ether oxygens (including phenoxy) is 8. The van der Waals surface area contributed by atoms with Crippen LogP contribution in [0.3, 0.4) is 0 Å². The molecule has 0 amide bonds. The van der Waals surface area contributed by atoms with Gasteiger partial charge in [-0.1, -0.05) is 121 Å². The molecule has 6 aliphatic rings. The van der Waals surface area contributed by atoms with Gasteiger partial charge in [-0.05, 0) is 172 Å². The van der Waals surface area contributed by atoms with Crippen molar-refractivity contribution >= 4 is 51.2 Å². The van der Waals surface area contributed by atoms with Crippen molar-refractivity contribution in [2.75, 3.05) is 26.9 Å². The second-order valence-electron chi connectivity index (χ2n) is 29.1. The first-order chi connectivity index (χ1) is 42.0. The van der Waals surface area contributed by atoms with E-state index in [0.29, 0.717) is 30.1 Å². The maximum Gasteiger partial charge on any atom is 0.338 e. The Kier molecular flexibility index (Phi) is 24.9. The van der Waals surface area contributed by atoms with E-state index in [9.17, 15) is 19.5 Å². The average molecular weight is 1320 g/mol. The van der Waals surface area contributed by atoms with Gasteiger partial charge in [-0.25, -0.2) is 4.79 Å².